The van der Waals surface area contributed by atoms with E-state index < -0.39 is 0 Å². The summed E-state index contributed by atoms with van der Waals surface area (Å²) in [6, 6.07) is 0. The SMILES string of the molecule is C[C@@H]1C[C@@H](C)CN(C(=O)[C@H]2CC(=O)N(C(C)(C)C)C2)C1. The Balaban J connectivity index is 2.02. The zero-order valence-corrected chi connectivity index (χ0v) is 13.5. The lowest BCUT2D eigenvalue weighted by Crippen LogP contribution is -2.47. The van der Waals surface area contributed by atoms with Crippen LogP contribution in [0.25, 0.3) is 0 Å². The summed E-state index contributed by atoms with van der Waals surface area (Å²) in [7, 11) is 0. The van der Waals surface area contributed by atoms with Gasteiger partial charge in [-0.1, -0.05) is 13.8 Å². The Hall–Kier alpha value is -1.06. The molecule has 0 aromatic heterocycles. The summed E-state index contributed by atoms with van der Waals surface area (Å²) in [5.41, 5.74) is -0.186. The van der Waals surface area contributed by atoms with Gasteiger partial charge in [-0.05, 0) is 39.0 Å². The zero-order valence-electron chi connectivity index (χ0n) is 13.5. The van der Waals surface area contributed by atoms with Crippen LogP contribution in [0.3, 0.4) is 0 Å². The van der Waals surface area contributed by atoms with Crippen molar-refractivity contribution in [3.8, 4) is 0 Å². The standard InChI is InChI=1S/C16H28N2O2/c1-11-6-12(2)9-17(8-11)15(20)13-7-14(19)18(10-13)16(3,4)5/h11-13H,6-10H2,1-5H3/t11-,12-,13+/m1/s1. The molecule has 2 aliphatic heterocycles. The number of carbonyl (C=O) groups excluding carboxylic acids is 2. The van der Waals surface area contributed by atoms with E-state index in [0.717, 1.165) is 13.1 Å². The fourth-order valence-electron chi connectivity index (χ4n) is 3.62. The smallest absolute Gasteiger partial charge is 0.228 e. The summed E-state index contributed by atoms with van der Waals surface area (Å²) in [5.74, 6) is 1.30. The normalized spacial score (nSPS) is 31.9. The number of rotatable bonds is 1. The summed E-state index contributed by atoms with van der Waals surface area (Å²) in [6.45, 7) is 12.8. The summed E-state index contributed by atoms with van der Waals surface area (Å²) in [4.78, 5) is 28.6. The first-order valence-electron chi connectivity index (χ1n) is 7.77. The Morgan fingerprint density at radius 1 is 1.10 bits per heavy atom. The second kappa shape index (κ2) is 5.38. The van der Waals surface area contributed by atoms with Crippen LogP contribution in [-0.4, -0.2) is 46.8 Å². The Labute approximate surface area is 122 Å². The van der Waals surface area contributed by atoms with E-state index in [4.69, 9.17) is 0 Å². The summed E-state index contributed by atoms with van der Waals surface area (Å²) < 4.78 is 0. The van der Waals surface area contributed by atoms with Crippen LogP contribution in [0.15, 0.2) is 0 Å². The van der Waals surface area contributed by atoms with E-state index in [2.05, 4.69) is 13.8 Å². The number of likely N-dealkylation sites (tertiary alicyclic amines) is 2. The molecule has 2 rings (SSSR count). The van der Waals surface area contributed by atoms with Gasteiger partial charge >= 0.3 is 0 Å². The molecule has 114 valence electrons. The van der Waals surface area contributed by atoms with Gasteiger partial charge in [0.15, 0.2) is 0 Å². The quantitative estimate of drug-likeness (QED) is 0.738. The van der Waals surface area contributed by atoms with E-state index in [1.807, 2.05) is 30.6 Å². The van der Waals surface area contributed by atoms with Gasteiger partial charge in [-0.2, -0.15) is 0 Å². The van der Waals surface area contributed by atoms with Crippen LogP contribution < -0.4 is 0 Å². The summed E-state index contributed by atoms with van der Waals surface area (Å²) in [6.07, 6.45) is 1.58. The molecular weight excluding hydrogens is 252 g/mol. The molecule has 2 fully saturated rings. The van der Waals surface area contributed by atoms with E-state index in [1.165, 1.54) is 6.42 Å². The molecule has 2 aliphatic rings. The van der Waals surface area contributed by atoms with Gasteiger partial charge in [0.05, 0.1) is 5.92 Å². The minimum Gasteiger partial charge on any atom is -0.342 e. The van der Waals surface area contributed by atoms with E-state index in [9.17, 15) is 9.59 Å². The topological polar surface area (TPSA) is 40.6 Å². The Kier molecular flexibility index (Phi) is 4.12. The molecule has 0 aromatic carbocycles. The van der Waals surface area contributed by atoms with E-state index in [1.54, 1.807) is 0 Å². The van der Waals surface area contributed by atoms with Gasteiger partial charge in [-0.25, -0.2) is 0 Å². The van der Waals surface area contributed by atoms with Crippen molar-refractivity contribution in [1.29, 1.82) is 0 Å². The van der Waals surface area contributed by atoms with Crippen molar-refractivity contribution in [3.05, 3.63) is 0 Å². The second-order valence-electron chi connectivity index (χ2n) is 7.77. The van der Waals surface area contributed by atoms with Gasteiger partial charge in [0.1, 0.15) is 0 Å². The molecule has 20 heavy (non-hydrogen) atoms. The van der Waals surface area contributed by atoms with Crippen LogP contribution in [0.5, 0.6) is 0 Å². The molecular formula is C16H28N2O2. The number of nitrogens with zero attached hydrogens (tertiary/aromatic N) is 2. The molecule has 3 atom stereocenters. The lowest BCUT2D eigenvalue weighted by Gasteiger charge is -2.37. The first-order valence-corrected chi connectivity index (χ1v) is 7.77. The van der Waals surface area contributed by atoms with Crippen LogP contribution in [0.4, 0.5) is 0 Å². The van der Waals surface area contributed by atoms with Crippen molar-refractivity contribution < 1.29 is 9.59 Å². The van der Waals surface area contributed by atoms with Crippen molar-refractivity contribution in [2.24, 2.45) is 17.8 Å². The Morgan fingerprint density at radius 3 is 2.10 bits per heavy atom. The van der Waals surface area contributed by atoms with Crippen LogP contribution in [0, 0.1) is 17.8 Å². The predicted octanol–water partition coefficient (Wildman–Crippen LogP) is 2.14. The number of hydrogen-bond acceptors (Lipinski definition) is 2. The molecule has 2 amide bonds. The monoisotopic (exact) mass is 280 g/mol. The third-order valence-electron chi connectivity index (χ3n) is 4.46. The number of piperidine rings is 1. The average Bonchev–Trinajstić information content (AvgIpc) is 2.68. The molecule has 0 N–H and O–H groups in total. The molecule has 0 unspecified atom stereocenters. The van der Waals surface area contributed by atoms with Crippen LogP contribution in [0.2, 0.25) is 0 Å². The third-order valence-corrected chi connectivity index (χ3v) is 4.46. The van der Waals surface area contributed by atoms with Gasteiger partial charge in [-0.15, -0.1) is 0 Å². The van der Waals surface area contributed by atoms with Crippen LogP contribution in [0.1, 0.15) is 47.5 Å². The molecule has 2 heterocycles. The van der Waals surface area contributed by atoms with Crippen molar-refractivity contribution in [2.45, 2.75) is 53.0 Å². The third kappa shape index (κ3) is 3.15. The van der Waals surface area contributed by atoms with Crippen molar-refractivity contribution in [3.63, 3.8) is 0 Å². The fourth-order valence-corrected chi connectivity index (χ4v) is 3.62. The number of carbonyl (C=O) groups is 2. The van der Waals surface area contributed by atoms with Crippen LogP contribution in [-0.2, 0) is 9.59 Å². The summed E-state index contributed by atoms with van der Waals surface area (Å²) >= 11 is 0. The lowest BCUT2D eigenvalue weighted by atomic mass is 9.91. The van der Waals surface area contributed by atoms with E-state index >= 15 is 0 Å². The first-order chi connectivity index (χ1) is 9.18. The average molecular weight is 280 g/mol. The van der Waals surface area contributed by atoms with Crippen molar-refractivity contribution in [2.75, 3.05) is 19.6 Å². The van der Waals surface area contributed by atoms with Crippen molar-refractivity contribution in [1.82, 2.24) is 9.80 Å². The molecule has 0 radical (unpaired) electrons. The maximum atomic E-state index is 12.7. The molecule has 4 nitrogen and oxygen atoms in total. The number of hydrogen-bond donors (Lipinski definition) is 0. The highest BCUT2D eigenvalue weighted by atomic mass is 16.2. The predicted molar refractivity (Wildman–Crippen MR) is 79.1 cm³/mol. The zero-order chi connectivity index (χ0) is 15.1. The van der Waals surface area contributed by atoms with Crippen molar-refractivity contribution >= 4 is 11.8 Å². The van der Waals surface area contributed by atoms with Gasteiger partial charge in [0.25, 0.3) is 0 Å². The fraction of sp³-hybridized carbons (Fsp3) is 0.875. The first kappa shape index (κ1) is 15.3. The molecule has 0 aromatic rings. The largest absolute Gasteiger partial charge is 0.342 e. The second-order valence-corrected chi connectivity index (χ2v) is 7.77. The lowest BCUT2D eigenvalue weighted by molar-refractivity contribution is -0.138. The highest BCUT2D eigenvalue weighted by Crippen LogP contribution is 2.29. The van der Waals surface area contributed by atoms with Gasteiger partial charge < -0.3 is 9.80 Å². The minimum absolute atomic E-state index is 0.119. The maximum absolute atomic E-state index is 12.7. The molecule has 0 bridgehead atoms. The van der Waals surface area contributed by atoms with E-state index in [0.29, 0.717) is 24.8 Å². The van der Waals surface area contributed by atoms with Gasteiger partial charge in [0.2, 0.25) is 11.8 Å². The molecule has 4 heteroatoms. The van der Waals surface area contributed by atoms with Gasteiger partial charge in [-0.3, -0.25) is 9.59 Å². The summed E-state index contributed by atoms with van der Waals surface area (Å²) in [5, 5.41) is 0. The molecule has 0 aliphatic carbocycles. The van der Waals surface area contributed by atoms with Gasteiger partial charge in [0, 0.05) is 31.6 Å². The highest BCUT2D eigenvalue weighted by Gasteiger charge is 2.41. The Bertz CT molecular complexity index is 390. The molecule has 2 saturated heterocycles. The minimum atomic E-state index is -0.186. The Morgan fingerprint density at radius 2 is 1.65 bits per heavy atom. The molecule has 0 saturated carbocycles. The number of amides is 2. The molecule has 0 spiro atoms. The van der Waals surface area contributed by atoms with E-state index in [-0.39, 0.29) is 23.3 Å². The highest BCUT2D eigenvalue weighted by molar-refractivity contribution is 5.89. The maximum Gasteiger partial charge on any atom is 0.228 e. The van der Waals surface area contributed by atoms with Crippen LogP contribution >= 0.6 is 0 Å².